The van der Waals surface area contributed by atoms with Crippen LogP contribution in [0, 0.1) is 10.1 Å². The molecular weight excluding hydrogens is 419 g/mol. The number of nitrogens with zero attached hydrogens (tertiary/aromatic N) is 1. The van der Waals surface area contributed by atoms with E-state index in [4.69, 9.17) is 27.9 Å². The van der Waals surface area contributed by atoms with Crippen molar-refractivity contribution in [2.45, 2.75) is 0 Å². The van der Waals surface area contributed by atoms with E-state index in [2.05, 4.69) is 5.32 Å². The Morgan fingerprint density at radius 2 is 1.52 bits per heavy atom. The Morgan fingerprint density at radius 3 is 2.14 bits per heavy atom. The third kappa shape index (κ3) is 5.10. The van der Waals surface area contributed by atoms with Crippen LogP contribution in [0.2, 0.25) is 10.0 Å². The normalized spacial score (nSPS) is 10.3. The molecule has 0 bridgehead atoms. The van der Waals surface area contributed by atoms with Crippen LogP contribution in [0.25, 0.3) is 0 Å². The van der Waals surface area contributed by atoms with Gasteiger partial charge in [0.25, 0.3) is 11.6 Å². The molecule has 0 aromatic heterocycles. The molecule has 3 aromatic carbocycles. The smallest absolute Gasteiger partial charge is 0.343 e. The molecule has 0 saturated carbocycles. The van der Waals surface area contributed by atoms with E-state index in [0.717, 1.165) is 0 Å². The maximum absolute atomic E-state index is 12.3. The van der Waals surface area contributed by atoms with Gasteiger partial charge in [-0.25, -0.2) is 4.79 Å². The first-order valence-electron chi connectivity index (χ1n) is 8.16. The Labute approximate surface area is 175 Å². The molecule has 7 nitrogen and oxygen atoms in total. The minimum atomic E-state index is -0.678. The van der Waals surface area contributed by atoms with Crippen LogP contribution in [-0.2, 0) is 0 Å². The predicted octanol–water partition coefficient (Wildman–Crippen LogP) is 5.37. The van der Waals surface area contributed by atoms with Gasteiger partial charge in [-0.2, -0.15) is 0 Å². The maximum Gasteiger partial charge on any atom is 0.343 e. The second kappa shape index (κ2) is 8.72. The molecule has 3 aromatic rings. The highest BCUT2D eigenvalue weighted by Gasteiger charge is 2.13. The van der Waals surface area contributed by atoms with Gasteiger partial charge < -0.3 is 10.1 Å². The molecule has 29 heavy (non-hydrogen) atoms. The SMILES string of the molecule is O=C(Nc1cc(Cl)ccc1Cl)c1ccc(OC(=O)c2ccc([N+](=O)[O-])cc2)cc1. The number of nitro benzene ring substituents is 1. The van der Waals surface area contributed by atoms with Gasteiger partial charge in [0.05, 0.1) is 21.2 Å². The van der Waals surface area contributed by atoms with Crippen molar-refractivity contribution in [2.24, 2.45) is 0 Å². The fourth-order valence-electron chi connectivity index (χ4n) is 2.35. The predicted molar refractivity (Wildman–Crippen MR) is 109 cm³/mol. The summed E-state index contributed by atoms with van der Waals surface area (Å²) in [4.78, 5) is 34.6. The zero-order valence-corrected chi connectivity index (χ0v) is 16.1. The van der Waals surface area contributed by atoms with Crippen molar-refractivity contribution in [1.82, 2.24) is 0 Å². The number of rotatable bonds is 5. The topological polar surface area (TPSA) is 98.5 Å². The highest BCUT2D eigenvalue weighted by Crippen LogP contribution is 2.26. The van der Waals surface area contributed by atoms with E-state index in [9.17, 15) is 19.7 Å². The standard InChI is InChI=1S/C20H12Cl2N2O5/c21-14-5-10-17(22)18(11-14)23-19(25)12-3-8-16(9-4-12)29-20(26)13-1-6-15(7-2-13)24(27)28/h1-11H,(H,23,25). The van der Waals surface area contributed by atoms with Gasteiger partial charge in [-0.1, -0.05) is 23.2 Å². The maximum atomic E-state index is 12.3. The van der Waals surface area contributed by atoms with Gasteiger partial charge in [0.1, 0.15) is 5.75 Å². The van der Waals surface area contributed by atoms with Crippen molar-refractivity contribution in [3.05, 3.63) is 98.0 Å². The lowest BCUT2D eigenvalue weighted by Crippen LogP contribution is -2.12. The molecular formula is C20H12Cl2N2O5. The lowest BCUT2D eigenvalue weighted by Gasteiger charge is -2.09. The quantitative estimate of drug-likeness (QED) is 0.253. The van der Waals surface area contributed by atoms with Crippen molar-refractivity contribution < 1.29 is 19.2 Å². The minimum absolute atomic E-state index is 0.128. The van der Waals surface area contributed by atoms with Gasteiger partial charge in [-0.05, 0) is 54.6 Å². The Kier molecular flexibility index (Phi) is 6.11. The van der Waals surface area contributed by atoms with Gasteiger partial charge >= 0.3 is 5.97 Å². The summed E-state index contributed by atoms with van der Waals surface area (Å²) >= 11 is 11.9. The number of carbonyl (C=O) groups excluding carboxylic acids is 2. The number of non-ortho nitro benzene ring substituents is 1. The monoisotopic (exact) mass is 430 g/mol. The fourth-order valence-corrected chi connectivity index (χ4v) is 2.68. The van der Waals surface area contributed by atoms with Crippen molar-refractivity contribution in [2.75, 3.05) is 5.32 Å². The number of hydrogen-bond donors (Lipinski definition) is 1. The average Bonchev–Trinajstić information content (AvgIpc) is 2.71. The molecule has 0 saturated heterocycles. The number of nitrogens with one attached hydrogen (secondary N) is 1. The second-order valence-electron chi connectivity index (χ2n) is 5.80. The summed E-state index contributed by atoms with van der Waals surface area (Å²) in [7, 11) is 0. The molecule has 3 rings (SSSR count). The largest absolute Gasteiger partial charge is 0.423 e. The number of halogens is 2. The Morgan fingerprint density at radius 1 is 0.897 bits per heavy atom. The van der Waals surface area contributed by atoms with E-state index >= 15 is 0 Å². The van der Waals surface area contributed by atoms with Crippen LogP contribution in [0.15, 0.2) is 66.7 Å². The molecule has 0 aliphatic heterocycles. The molecule has 1 amide bonds. The zero-order chi connectivity index (χ0) is 21.0. The number of hydrogen-bond acceptors (Lipinski definition) is 5. The molecule has 0 aliphatic rings. The Bertz CT molecular complexity index is 1080. The van der Waals surface area contributed by atoms with E-state index in [1.54, 1.807) is 12.1 Å². The second-order valence-corrected chi connectivity index (χ2v) is 6.64. The number of ether oxygens (including phenoxy) is 1. The Hall–Kier alpha value is -3.42. The summed E-state index contributed by atoms with van der Waals surface area (Å²) in [6.45, 7) is 0. The Balaban J connectivity index is 1.66. The van der Waals surface area contributed by atoms with Crippen molar-refractivity contribution in [3.63, 3.8) is 0 Å². The highest BCUT2D eigenvalue weighted by atomic mass is 35.5. The summed E-state index contributed by atoms with van der Waals surface area (Å²) in [5.74, 6) is -0.879. The van der Waals surface area contributed by atoms with Crippen LogP contribution in [0.5, 0.6) is 5.75 Å². The van der Waals surface area contributed by atoms with Crippen LogP contribution in [0.4, 0.5) is 11.4 Å². The molecule has 0 radical (unpaired) electrons. The van der Waals surface area contributed by atoms with Crippen LogP contribution in [0.1, 0.15) is 20.7 Å². The molecule has 146 valence electrons. The lowest BCUT2D eigenvalue weighted by molar-refractivity contribution is -0.384. The fraction of sp³-hybridized carbons (Fsp3) is 0. The number of anilines is 1. The van der Waals surface area contributed by atoms with Gasteiger partial charge in [0.15, 0.2) is 0 Å². The minimum Gasteiger partial charge on any atom is -0.423 e. The molecule has 9 heteroatoms. The van der Waals surface area contributed by atoms with Crippen LogP contribution in [-0.4, -0.2) is 16.8 Å². The van der Waals surface area contributed by atoms with Crippen LogP contribution in [0.3, 0.4) is 0 Å². The lowest BCUT2D eigenvalue weighted by atomic mass is 10.2. The first kappa shape index (κ1) is 20.3. The summed E-state index contributed by atoms with van der Waals surface area (Å²) in [5, 5.41) is 14.1. The zero-order valence-electron chi connectivity index (χ0n) is 14.6. The molecule has 0 heterocycles. The van der Waals surface area contributed by atoms with E-state index < -0.39 is 16.8 Å². The molecule has 0 spiro atoms. The molecule has 0 aliphatic carbocycles. The molecule has 1 N–H and O–H groups in total. The van der Waals surface area contributed by atoms with Gasteiger partial charge in [-0.3, -0.25) is 14.9 Å². The number of benzene rings is 3. The number of esters is 1. The van der Waals surface area contributed by atoms with Gasteiger partial charge in [0.2, 0.25) is 0 Å². The highest BCUT2D eigenvalue weighted by molar-refractivity contribution is 6.35. The molecule has 0 unspecified atom stereocenters. The van der Waals surface area contributed by atoms with E-state index in [0.29, 0.717) is 21.3 Å². The summed E-state index contributed by atoms with van der Waals surface area (Å²) < 4.78 is 5.21. The van der Waals surface area contributed by atoms with E-state index in [1.807, 2.05) is 0 Å². The van der Waals surface area contributed by atoms with E-state index in [-0.39, 0.29) is 17.0 Å². The van der Waals surface area contributed by atoms with Crippen LogP contribution < -0.4 is 10.1 Å². The molecule has 0 fully saturated rings. The number of nitro groups is 1. The van der Waals surface area contributed by atoms with E-state index in [1.165, 1.54) is 54.6 Å². The van der Waals surface area contributed by atoms with Gasteiger partial charge in [-0.15, -0.1) is 0 Å². The average molecular weight is 431 g/mol. The third-order valence-electron chi connectivity index (χ3n) is 3.82. The molecule has 0 atom stereocenters. The third-order valence-corrected chi connectivity index (χ3v) is 4.38. The van der Waals surface area contributed by atoms with Crippen molar-refractivity contribution in [3.8, 4) is 5.75 Å². The number of carbonyl (C=O) groups is 2. The first-order chi connectivity index (χ1) is 13.8. The van der Waals surface area contributed by atoms with Crippen molar-refractivity contribution in [1.29, 1.82) is 0 Å². The van der Waals surface area contributed by atoms with Crippen molar-refractivity contribution >= 4 is 46.5 Å². The first-order valence-corrected chi connectivity index (χ1v) is 8.92. The summed E-state index contributed by atoms with van der Waals surface area (Å²) in [6.07, 6.45) is 0. The number of amides is 1. The summed E-state index contributed by atoms with van der Waals surface area (Å²) in [6, 6.07) is 15.6. The summed E-state index contributed by atoms with van der Waals surface area (Å²) in [5.41, 5.74) is 0.721. The van der Waals surface area contributed by atoms with Crippen LogP contribution >= 0.6 is 23.2 Å². The van der Waals surface area contributed by atoms with Gasteiger partial charge in [0, 0.05) is 22.7 Å².